The summed E-state index contributed by atoms with van der Waals surface area (Å²) in [5.41, 5.74) is 4.57. The van der Waals surface area contributed by atoms with Crippen LogP contribution in [0.5, 0.6) is 0 Å². The Hall–Kier alpha value is -1.39. The zero-order valence-corrected chi connectivity index (χ0v) is 7.10. The Bertz CT molecular complexity index is 310. The van der Waals surface area contributed by atoms with Gasteiger partial charge >= 0.3 is 0 Å². The van der Waals surface area contributed by atoms with E-state index in [0.717, 1.165) is 11.3 Å². The summed E-state index contributed by atoms with van der Waals surface area (Å²) in [6.45, 7) is 0.501. The molecule has 0 amide bonds. The van der Waals surface area contributed by atoms with Gasteiger partial charge in [0.15, 0.2) is 0 Å². The third-order valence-electron chi connectivity index (χ3n) is 2.00. The Kier molecular flexibility index (Phi) is 2.25. The molecule has 4 nitrogen and oxygen atoms in total. The van der Waals surface area contributed by atoms with E-state index >= 15 is 0 Å². The molecule has 1 aromatic rings. The zero-order valence-electron chi connectivity index (χ0n) is 7.10. The first kappa shape index (κ1) is 8.22. The molecule has 0 fully saturated rings. The number of rotatable bonds is 2. The van der Waals surface area contributed by atoms with E-state index in [0.29, 0.717) is 6.61 Å². The number of hydrogen-bond acceptors (Lipinski definition) is 4. The molecular formula is C9H11N3O. The monoisotopic (exact) mass is 177 g/mol. The maximum absolute atomic E-state index is 5.35. The van der Waals surface area contributed by atoms with Crippen molar-refractivity contribution in [2.45, 2.75) is 6.04 Å². The fourth-order valence-corrected chi connectivity index (χ4v) is 1.31. The summed E-state index contributed by atoms with van der Waals surface area (Å²) in [7, 11) is 0. The topological polar surface area (TPSA) is 59.6 Å². The molecule has 0 bridgehead atoms. The lowest BCUT2D eigenvalue weighted by Crippen LogP contribution is -2.41. The Morgan fingerprint density at radius 1 is 1.38 bits per heavy atom. The normalized spacial score (nSPS) is 21.0. The van der Waals surface area contributed by atoms with Gasteiger partial charge in [0, 0.05) is 5.56 Å². The Morgan fingerprint density at radius 3 is 2.85 bits per heavy atom. The summed E-state index contributed by atoms with van der Waals surface area (Å²) in [6.07, 6.45) is 0. The van der Waals surface area contributed by atoms with Crippen LogP contribution in [-0.2, 0) is 4.84 Å². The van der Waals surface area contributed by atoms with Crippen molar-refractivity contribution < 1.29 is 4.84 Å². The molecule has 0 aromatic heterocycles. The quantitative estimate of drug-likeness (QED) is 0.503. The van der Waals surface area contributed by atoms with Gasteiger partial charge in [0.25, 0.3) is 0 Å². The van der Waals surface area contributed by atoms with E-state index in [1.807, 2.05) is 30.3 Å². The number of nitrogens with one attached hydrogen (secondary N) is 1. The van der Waals surface area contributed by atoms with Crippen LogP contribution >= 0.6 is 0 Å². The first-order chi connectivity index (χ1) is 6.42. The minimum Gasteiger partial charge on any atom is -0.393 e. The maximum Gasteiger partial charge on any atom is 0.139 e. The predicted molar refractivity (Wildman–Crippen MR) is 50.0 cm³/mol. The number of hydrogen-bond donors (Lipinski definition) is 2. The Labute approximate surface area is 76.3 Å². The van der Waals surface area contributed by atoms with Gasteiger partial charge in [0.1, 0.15) is 18.4 Å². The second-order valence-corrected chi connectivity index (χ2v) is 2.86. The van der Waals surface area contributed by atoms with E-state index < -0.39 is 0 Å². The fraction of sp³-hybridized carbons (Fsp3) is 0.222. The molecule has 3 N–H and O–H groups in total. The number of benzene rings is 1. The Balaban J connectivity index is 2.26. The van der Waals surface area contributed by atoms with Crippen LogP contribution in [0, 0.1) is 0 Å². The summed E-state index contributed by atoms with van der Waals surface area (Å²) >= 11 is 0. The number of nitrogens with two attached hydrogens (primary N) is 1. The summed E-state index contributed by atoms with van der Waals surface area (Å²) in [6, 6.07) is 9.86. The fourth-order valence-electron chi connectivity index (χ4n) is 1.31. The van der Waals surface area contributed by atoms with E-state index in [1.165, 1.54) is 0 Å². The molecule has 0 aliphatic carbocycles. The van der Waals surface area contributed by atoms with Crippen LogP contribution in [-0.4, -0.2) is 18.4 Å². The van der Waals surface area contributed by atoms with Gasteiger partial charge in [-0.15, -0.1) is 0 Å². The van der Waals surface area contributed by atoms with E-state index in [9.17, 15) is 0 Å². The number of hydrazine groups is 1. The third kappa shape index (κ3) is 1.54. The highest BCUT2D eigenvalue weighted by Gasteiger charge is 2.22. The molecule has 68 valence electrons. The lowest BCUT2D eigenvalue weighted by atomic mass is 10.1. The highest BCUT2D eigenvalue weighted by atomic mass is 16.6. The van der Waals surface area contributed by atoms with E-state index in [1.54, 1.807) is 0 Å². The molecule has 1 aliphatic rings. The van der Waals surface area contributed by atoms with Gasteiger partial charge in [-0.25, -0.2) is 5.43 Å². The molecule has 0 saturated carbocycles. The van der Waals surface area contributed by atoms with Crippen LogP contribution < -0.4 is 11.3 Å². The van der Waals surface area contributed by atoms with Crippen molar-refractivity contribution in [3.8, 4) is 0 Å². The lowest BCUT2D eigenvalue weighted by molar-refractivity contribution is 0.161. The molecule has 0 radical (unpaired) electrons. The van der Waals surface area contributed by atoms with Gasteiger partial charge < -0.3 is 4.84 Å². The van der Waals surface area contributed by atoms with Crippen LogP contribution in [0.4, 0.5) is 0 Å². The summed E-state index contributed by atoms with van der Waals surface area (Å²) in [4.78, 5) is 4.96. The molecule has 0 spiro atoms. The van der Waals surface area contributed by atoms with Crippen molar-refractivity contribution >= 4 is 5.71 Å². The van der Waals surface area contributed by atoms with E-state index in [2.05, 4.69) is 10.6 Å². The van der Waals surface area contributed by atoms with Crippen molar-refractivity contribution in [3.05, 3.63) is 35.9 Å². The van der Waals surface area contributed by atoms with E-state index in [4.69, 9.17) is 10.7 Å². The van der Waals surface area contributed by atoms with Gasteiger partial charge in [0.2, 0.25) is 0 Å². The molecule has 4 heteroatoms. The summed E-state index contributed by atoms with van der Waals surface area (Å²) in [5.74, 6) is 5.35. The number of nitrogens with zero attached hydrogens (tertiary/aromatic N) is 1. The van der Waals surface area contributed by atoms with Crippen molar-refractivity contribution in [2.75, 3.05) is 6.61 Å². The SMILES string of the molecule is NNC1CON=C1c1ccccc1. The molecular weight excluding hydrogens is 166 g/mol. The predicted octanol–water partition coefficient (Wildman–Crippen LogP) is 0.253. The van der Waals surface area contributed by atoms with Gasteiger partial charge in [-0.3, -0.25) is 5.84 Å². The molecule has 1 atom stereocenters. The van der Waals surface area contributed by atoms with Crippen LogP contribution in [0.15, 0.2) is 35.5 Å². The third-order valence-corrected chi connectivity index (χ3v) is 2.00. The summed E-state index contributed by atoms with van der Waals surface area (Å²) in [5, 5.41) is 3.93. The van der Waals surface area contributed by atoms with Gasteiger partial charge in [-0.1, -0.05) is 35.5 Å². The van der Waals surface area contributed by atoms with Crippen molar-refractivity contribution in [3.63, 3.8) is 0 Å². The maximum atomic E-state index is 5.35. The van der Waals surface area contributed by atoms with Gasteiger partial charge in [-0.05, 0) is 0 Å². The van der Waals surface area contributed by atoms with Crippen LogP contribution in [0.25, 0.3) is 0 Å². The first-order valence-electron chi connectivity index (χ1n) is 4.13. The van der Waals surface area contributed by atoms with E-state index in [-0.39, 0.29) is 6.04 Å². The van der Waals surface area contributed by atoms with Crippen LogP contribution in [0.3, 0.4) is 0 Å². The highest BCUT2D eigenvalue weighted by Crippen LogP contribution is 2.10. The number of oxime groups is 1. The largest absolute Gasteiger partial charge is 0.393 e. The smallest absolute Gasteiger partial charge is 0.139 e. The minimum absolute atomic E-state index is 0.00222. The molecule has 13 heavy (non-hydrogen) atoms. The second-order valence-electron chi connectivity index (χ2n) is 2.86. The molecule has 1 aromatic carbocycles. The Morgan fingerprint density at radius 2 is 2.15 bits per heavy atom. The highest BCUT2D eigenvalue weighted by molar-refractivity contribution is 6.04. The van der Waals surface area contributed by atoms with Gasteiger partial charge in [0.05, 0.1) is 0 Å². The minimum atomic E-state index is 0.00222. The van der Waals surface area contributed by atoms with Gasteiger partial charge in [-0.2, -0.15) is 0 Å². The standard InChI is InChI=1S/C9H11N3O/c10-11-8-6-13-12-9(8)7-4-2-1-3-5-7/h1-5,8,11H,6,10H2. The average molecular weight is 177 g/mol. The second kappa shape index (κ2) is 3.55. The molecule has 1 aliphatic heterocycles. The van der Waals surface area contributed by atoms with Crippen molar-refractivity contribution in [2.24, 2.45) is 11.0 Å². The molecule has 2 rings (SSSR count). The molecule has 1 heterocycles. The average Bonchev–Trinajstić information content (AvgIpc) is 2.67. The van der Waals surface area contributed by atoms with Crippen molar-refractivity contribution in [1.29, 1.82) is 0 Å². The molecule has 1 unspecified atom stereocenters. The first-order valence-corrected chi connectivity index (χ1v) is 4.13. The summed E-state index contributed by atoms with van der Waals surface area (Å²) < 4.78 is 0. The molecule has 0 saturated heterocycles. The van der Waals surface area contributed by atoms with Crippen LogP contribution in [0.1, 0.15) is 5.56 Å². The van der Waals surface area contributed by atoms with Crippen LogP contribution in [0.2, 0.25) is 0 Å². The zero-order chi connectivity index (χ0) is 9.10. The van der Waals surface area contributed by atoms with Crippen molar-refractivity contribution in [1.82, 2.24) is 5.43 Å². The lowest BCUT2D eigenvalue weighted by Gasteiger charge is -2.07.